The normalized spacial score (nSPS) is 15.2. The summed E-state index contributed by atoms with van der Waals surface area (Å²) >= 11 is 0. The minimum atomic E-state index is -0.277. The van der Waals surface area contributed by atoms with Crippen molar-refractivity contribution in [1.82, 2.24) is 10.6 Å². The van der Waals surface area contributed by atoms with Crippen LogP contribution in [-0.2, 0) is 16.0 Å². The van der Waals surface area contributed by atoms with E-state index in [0.29, 0.717) is 18.9 Å². The van der Waals surface area contributed by atoms with Crippen LogP contribution in [0.1, 0.15) is 49.3 Å². The van der Waals surface area contributed by atoms with Gasteiger partial charge in [0.05, 0.1) is 12.5 Å². The van der Waals surface area contributed by atoms with Crippen LogP contribution >= 0.6 is 0 Å². The minimum absolute atomic E-state index is 0.0927. The molecule has 0 heterocycles. The van der Waals surface area contributed by atoms with Crippen molar-refractivity contribution in [3.8, 4) is 0 Å². The van der Waals surface area contributed by atoms with Gasteiger partial charge in [0.25, 0.3) is 0 Å². The Morgan fingerprint density at radius 1 is 0.964 bits per heavy atom. The van der Waals surface area contributed by atoms with E-state index in [9.17, 15) is 14.0 Å². The Labute approximate surface area is 165 Å². The van der Waals surface area contributed by atoms with Crippen LogP contribution < -0.4 is 10.6 Å². The monoisotopic (exact) mass is 382 g/mol. The fourth-order valence-electron chi connectivity index (χ4n) is 3.84. The van der Waals surface area contributed by atoms with Crippen molar-refractivity contribution in [2.75, 3.05) is 6.54 Å². The third-order valence-electron chi connectivity index (χ3n) is 5.30. The molecular weight excluding hydrogens is 355 g/mol. The predicted octanol–water partition coefficient (Wildman–Crippen LogP) is 3.92. The SMILES string of the molecule is O=C(Cc1ccccc1)NCCC(=O)N[C@H](c1ccc(F)cc1)C1CCCC1. The zero-order valence-corrected chi connectivity index (χ0v) is 16.0. The first-order chi connectivity index (χ1) is 13.6. The van der Waals surface area contributed by atoms with Gasteiger partial charge in [-0.15, -0.1) is 0 Å². The highest BCUT2D eigenvalue weighted by atomic mass is 19.1. The maximum Gasteiger partial charge on any atom is 0.224 e. The summed E-state index contributed by atoms with van der Waals surface area (Å²) in [4.78, 5) is 24.5. The van der Waals surface area contributed by atoms with Crippen molar-refractivity contribution in [3.63, 3.8) is 0 Å². The molecule has 1 saturated carbocycles. The standard InChI is InChI=1S/C23H27FN2O2/c24-20-12-10-19(11-13-20)23(18-8-4-5-9-18)26-21(27)14-15-25-22(28)16-17-6-2-1-3-7-17/h1-3,6-7,10-13,18,23H,4-5,8-9,14-16H2,(H,25,28)(H,26,27)/t23-/m0/s1. The van der Waals surface area contributed by atoms with Gasteiger partial charge in [-0.05, 0) is 42.0 Å². The summed E-state index contributed by atoms with van der Waals surface area (Å²) in [6.07, 6.45) is 4.99. The Kier molecular flexibility index (Phi) is 7.18. The Morgan fingerprint density at radius 2 is 1.64 bits per heavy atom. The second kappa shape index (κ2) is 10.0. The van der Waals surface area contributed by atoms with E-state index >= 15 is 0 Å². The number of carbonyl (C=O) groups excluding carboxylic acids is 2. The van der Waals surface area contributed by atoms with Crippen LogP contribution in [0.3, 0.4) is 0 Å². The summed E-state index contributed by atoms with van der Waals surface area (Å²) in [6.45, 7) is 0.304. The maximum atomic E-state index is 13.3. The first-order valence-corrected chi connectivity index (χ1v) is 9.97. The van der Waals surface area contributed by atoms with Crippen molar-refractivity contribution in [2.45, 2.75) is 44.6 Å². The highest BCUT2D eigenvalue weighted by Gasteiger charge is 2.27. The van der Waals surface area contributed by atoms with Crippen LogP contribution in [0.25, 0.3) is 0 Å². The summed E-state index contributed by atoms with van der Waals surface area (Å²) in [5.74, 6) is -0.0884. The van der Waals surface area contributed by atoms with Gasteiger partial charge in [0.2, 0.25) is 11.8 Å². The van der Waals surface area contributed by atoms with Gasteiger partial charge in [0.1, 0.15) is 5.82 Å². The lowest BCUT2D eigenvalue weighted by molar-refractivity contribution is -0.122. The van der Waals surface area contributed by atoms with E-state index in [0.717, 1.165) is 36.8 Å². The number of benzene rings is 2. The number of halogens is 1. The molecule has 2 N–H and O–H groups in total. The molecule has 3 rings (SSSR count). The Bertz CT molecular complexity index is 771. The van der Waals surface area contributed by atoms with E-state index in [-0.39, 0.29) is 30.1 Å². The number of hydrogen-bond acceptors (Lipinski definition) is 2. The number of amides is 2. The third kappa shape index (κ3) is 5.91. The molecule has 0 aliphatic heterocycles. The second-order valence-corrected chi connectivity index (χ2v) is 7.40. The van der Waals surface area contributed by atoms with Crippen LogP contribution in [0.4, 0.5) is 4.39 Å². The lowest BCUT2D eigenvalue weighted by atomic mass is 9.91. The van der Waals surface area contributed by atoms with Crippen LogP contribution in [-0.4, -0.2) is 18.4 Å². The largest absolute Gasteiger partial charge is 0.355 e. The fourth-order valence-corrected chi connectivity index (χ4v) is 3.84. The number of hydrogen-bond donors (Lipinski definition) is 2. The summed E-state index contributed by atoms with van der Waals surface area (Å²) in [5, 5.41) is 5.91. The molecule has 4 nitrogen and oxygen atoms in total. The van der Waals surface area contributed by atoms with Gasteiger partial charge in [-0.3, -0.25) is 9.59 Å². The van der Waals surface area contributed by atoms with E-state index < -0.39 is 0 Å². The molecule has 1 aliphatic carbocycles. The topological polar surface area (TPSA) is 58.2 Å². The maximum absolute atomic E-state index is 13.3. The van der Waals surface area contributed by atoms with Gasteiger partial charge in [-0.1, -0.05) is 55.3 Å². The number of rotatable bonds is 8. The molecule has 1 fully saturated rings. The molecule has 2 aromatic rings. The molecule has 0 saturated heterocycles. The first-order valence-electron chi connectivity index (χ1n) is 9.97. The average Bonchev–Trinajstić information content (AvgIpc) is 3.22. The zero-order valence-electron chi connectivity index (χ0n) is 16.0. The van der Waals surface area contributed by atoms with Crippen molar-refractivity contribution < 1.29 is 14.0 Å². The van der Waals surface area contributed by atoms with Crippen LogP contribution in [0.2, 0.25) is 0 Å². The second-order valence-electron chi connectivity index (χ2n) is 7.40. The number of nitrogens with one attached hydrogen (secondary N) is 2. The lowest BCUT2D eigenvalue weighted by Crippen LogP contribution is -2.35. The van der Waals surface area contributed by atoms with E-state index in [4.69, 9.17) is 0 Å². The van der Waals surface area contributed by atoms with Crippen molar-refractivity contribution in [1.29, 1.82) is 0 Å². The molecule has 0 aromatic heterocycles. The molecule has 2 amide bonds. The summed E-state index contributed by atoms with van der Waals surface area (Å²) < 4.78 is 13.3. The van der Waals surface area contributed by atoms with Crippen molar-refractivity contribution in [2.24, 2.45) is 5.92 Å². The minimum Gasteiger partial charge on any atom is -0.355 e. The highest BCUT2D eigenvalue weighted by molar-refractivity contribution is 5.80. The molecule has 0 radical (unpaired) electrons. The summed E-state index contributed by atoms with van der Waals surface area (Å²) in [7, 11) is 0. The van der Waals surface area contributed by atoms with Gasteiger partial charge in [-0.25, -0.2) is 4.39 Å². The quantitative estimate of drug-likeness (QED) is 0.727. The highest BCUT2D eigenvalue weighted by Crippen LogP contribution is 2.35. The summed E-state index contributed by atoms with van der Waals surface area (Å²) in [6, 6.07) is 15.8. The molecule has 2 aromatic carbocycles. The smallest absolute Gasteiger partial charge is 0.224 e. The third-order valence-corrected chi connectivity index (χ3v) is 5.30. The van der Waals surface area contributed by atoms with E-state index in [1.54, 1.807) is 12.1 Å². The Hall–Kier alpha value is -2.69. The zero-order chi connectivity index (χ0) is 19.8. The average molecular weight is 382 g/mol. The molecule has 1 aliphatic rings. The molecule has 0 unspecified atom stereocenters. The molecular formula is C23H27FN2O2. The molecule has 0 spiro atoms. The van der Waals surface area contributed by atoms with Crippen LogP contribution in [0.5, 0.6) is 0 Å². The van der Waals surface area contributed by atoms with Crippen molar-refractivity contribution in [3.05, 3.63) is 71.5 Å². The number of carbonyl (C=O) groups is 2. The van der Waals surface area contributed by atoms with E-state index in [2.05, 4.69) is 10.6 Å². The van der Waals surface area contributed by atoms with Gasteiger partial charge in [-0.2, -0.15) is 0 Å². The molecule has 28 heavy (non-hydrogen) atoms. The van der Waals surface area contributed by atoms with E-state index in [1.807, 2.05) is 30.3 Å². The van der Waals surface area contributed by atoms with Gasteiger partial charge < -0.3 is 10.6 Å². The first kappa shape index (κ1) is 20.1. The van der Waals surface area contributed by atoms with Crippen LogP contribution in [0, 0.1) is 11.7 Å². The molecule has 1 atom stereocenters. The van der Waals surface area contributed by atoms with Crippen molar-refractivity contribution >= 4 is 11.8 Å². The summed E-state index contributed by atoms with van der Waals surface area (Å²) in [5.41, 5.74) is 1.89. The predicted molar refractivity (Wildman–Crippen MR) is 107 cm³/mol. The van der Waals surface area contributed by atoms with Gasteiger partial charge in [0.15, 0.2) is 0 Å². The Balaban J connectivity index is 1.49. The van der Waals surface area contributed by atoms with E-state index in [1.165, 1.54) is 12.1 Å². The molecule has 0 bridgehead atoms. The molecule has 148 valence electrons. The van der Waals surface area contributed by atoms with Crippen LogP contribution in [0.15, 0.2) is 54.6 Å². The van der Waals surface area contributed by atoms with Gasteiger partial charge >= 0.3 is 0 Å². The fraction of sp³-hybridized carbons (Fsp3) is 0.391. The lowest BCUT2D eigenvalue weighted by Gasteiger charge is -2.25. The Morgan fingerprint density at radius 3 is 2.32 bits per heavy atom. The van der Waals surface area contributed by atoms with Gasteiger partial charge in [0, 0.05) is 13.0 Å². The molecule has 5 heteroatoms.